The molecule has 0 saturated heterocycles. The molecule has 0 amide bonds. The number of nitrogens with zero attached hydrogens (tertiary/aromatic N) is 1. The van der Waals surface area contributed by atoms with E-state index in [4.69, 9.17) is 16.6 Å². The quantitative estimate of drug-likeness (QED) is 0.380. The van der Waals surface area contributed by atoms with Crippen LogP contribution in [0.3, 0.4) is 0 Å². The van der Waals surface area contributed by atoms with Gasteiger partial charge in [-0.15, -0.1) is 0 Å². The third kappa shape index (κ3) is 4.71. The van der Waals surface area contributed by atoms with E-state index in [0.717, 1.165) is 11.3 Å². The number of carbonyl (C=O) groups excluding carboxylic acids is 1. The average Bonchev–Trinajstić information content (AvgIpc) is 3.06. The fourth-order valence-electron chi connectivity index (χ4n) is 1.61. The van der Waals surface area contributed by atoms with Gasteiger partial charge in [-0.2, -0.15) is 5.10 Å². The molecule has 1 heterocycles. The van der Waals surface area contributed by atoms with E-state index >= 15 is 0 Å². The van der Waals surface area contributed by atoms with Crippen LogP contribution < -0.4 is 10.7 Å². The van der Waals surface area contributed by atoms with Gasteiger partial charge in [-0.3, -0.25) is 5.43 Å². The highest BCUT2D eigenvalue weighted by Crippen LogP contribution is 2.03. The lowest BCUT2D eigenvalue weighted by atomic mass is 10.1. The Balaban J connectivity index is 1.79. The molecule has 2 N–H and O–H groups in total. The van der Waals surface area contributed by atoms with E-state index in [1.54, 1.807) is 36.7 Å². The highest BCUT2D eigenvalue weighted by Gasteiger charge is 2.03. The highest BCUT2D eigenvalue weighted by atomic mass is 32.1. The molecule has 0 fully saturated rings. The van der Waals surface area contributed by atoms with Gasteiger partial charge in [-0.1, -0.05) is 12.1 Å². The van der Waals surface area contributed by atoms with Crippen molar-refractivity contribution < 1.29 is 13.9 Å². The third-order valence-corrected chi connectivity index (χ3v) is 2.95. The van der Waals surface area contributed by atoms with E-state index in [0.29, 0.717) is 17.2 Å². The predicted molar refractivity (Wildman–Crippen MR) is 86.7 cm³/mol. The Morgan fingerprint density at radius 2 is 2.14 bits per heavy atom. The average molecular weight is 317 g/mol. The highest BCUT2D eigenvalue weighted by molar-refractivity contribution is 7.80. The van der Waals surface area contributed by atoms with E-state index in [1.807, 2.05) is 12.1 Å². The maximum atomic E-state index is 11.3. The lowest BCUT2D eigenvalue weighted by Crippen LogP contribution is -2.31. The molecule has 0 aliphatic heterocycles. The van der Waals surface area contributed by atoms with Crippen LogP contribution in [0.25, 0.3) is 0 Å². The van der Waals surface area contributed by atoms with E-state index in [2.05, 4.69) is 20.6 Å². The van der Waals surface area contributed by atoms with Crippen molar-refractivity contribution in [3.8, 4) is 0 Å². The normalized spacial score (nSPS) is 10.4. The van der Waals surface area contributed by atoms with Gasteiger partial charge in [0.25, 0.3) is 0 Å². The molecule has 6 nitrogen and oxygen atoms in total. The van der Waals surface area contributed by atoms with Crippen molar-refractivity contribution in [1.29, 1.82) is 0 Å². The SMILES string of the molecule is COC(=O)c1ccc(/C=N/NC(=S)NCc2ccco2)cc1. The van der Waals surface area contributed by atoms with Gasteiger partial charge in [0.15, 0.2) is 5.11 Å². The molecule has 114 valence electrons. The molecule has 22 heavy (non-hydrogen) atoms. The number of thiocarbonyl (C=S) groups is 1. The third-order valence-electron chi connectivity index (χ3n) is 2.71. The molecule has 0 atom stereocenters. The first-order valence-electron chi connectivity index (χ1n) is 6.46. The van der Waals surface area contributed by atoms with Crippen molar-refractivity contribution >= 4 is 29.5 Å². The Hall–Kier alpha value is -2.67. The predicted octanol–water partition coefficient (Wildman–Crippen LogP) is 2.06. The molecule has 2 aromatic rings. The van der Waals surface area contributed by atoms with E-state index in [9.17, 15) is 4.79 Å². The molecule has 0 spiro atoms. The summed E-state index contributed by atoms with van der Waals surface area (Å²) in [6.07, 6.45) is 3.20. The summed E-state index contributed by atoms with van der Waals surface area (Å²) in [6.45, 7) is 0.488. The summed E-state index contributed by atoms with van der Waals surface area (Å²) >= 11 is 5.07. The van der Waals surface area contributed by atoms with Gasteiger partial charge in [0.1, 0.15) is 5.76 Å². The maximum Gasteiger partial charge on any atom is 0.337 e. The lowest BCUT2D eigenvalue weighted by molar-refractivity contribution is 0.0600. The largest absolute Gasteiger partial charge is 0.467 e. The van der Waals surface area contributed by atoms with Crippen LogP contribution in [0.4, 0.5) is 0 Å². The fraction of sp³-hybridized carbons (Fsp3) is 0.133. The lowest BCUT2D eigenvalue weighted by Gasteiger charge is -2.04. The van der Waals surface area contributed by atoms with E-state index in [-0.39, 0.29) is 5.97 Å². The number of ether oxygens (including phenoxy) is 1. The van der Waals surface area contributed by atoms with Crippen molar-refractivity contribution in [3.05, 3.63) is 59.5 Å². The van der Waals surface area contributed by atoms with E-state index < -0.39 is 0 Å². The van der Waals surface area contributed by atoms with Crippen LogP contribution in [0.15, 0.2) is 52.2 Å². The Bertz CT molecular complexity index is 651. The number of rotatable bonds is 5. The molecular formula is C15H15N3O3S. The molecule has 0 aliphatic rings. The van der Waals surface area contributed by atoms with Crippen LogP contribution in [-0.4, -0.2) is 24.4 Å². The van der Waals surface area contributed by atoms with Gasteiger partial charge in [0.2, 0.25) is 0 Å². The standard InChI is InChI=1S/C15H15N3O3S/c1-20-14(19)12-6-4-11(5-7-12)9-17-18-15(22)16-10-13-3-2-8-21-13/h2-9H,10H2,1H3,(H2,16,18,22)/b17-9+. The first-order valence-corrected chi connectivity index (χ1v) is 6.87. The van der Waals surface area contributed by atoms with Crippen molar-refractivity contribution in [3.63, 3.8) is 0 Å². The minimum absolute atomic E-state index is 0.370. The number of esters is 1. The number of hydrazone groups is 1. The van der Waals surface area contributed by atoms with Crippen LogP contribution >= 0.6 is 12.2 Å². The summed E-state index contributed by atoms with van der Waals surface area (Å²) in [4.78, 5) is 11.3. The Labute approximate surface area is 133 Å². The summed E-state index contributed by atoms with van der Waals surface area (Å²) in [5, 5.41) is 7.35. The number of methoxy groups -OCH3 is 1. The van der Waals surface area contributed by atoms with Gasteiger partial charge in [-0.25, -0.2) is 4.79 Å². The zero-order valence-electron chi connectivity index (χ0n) is 11.9. The number of benzene rings is 1. The van der Waals surface area contributed by atoms with Crippen molar-refractivity contribution in [2.24, 2.45) is 5.10 Å². The second-order valence-corrected chi connectivity index (χ2v) is 4.65. The van der Waals surface area contributed by atoms with Gasteiger partial charge in [-0.05, 0) is 42.0 Å². The Morgan fingerprint density at radius 1 is 1.36 bits per heavy atom. The first kappa shape index (κ1) is 15.7. The fourth-order valence-corrected chi connectivity index (χ4v) is 1.73. The smallest absolute Gasteiger partial charge is 0.337 e. The van der Waals surface area contributed by atoms with Crippen molar-refractivity contribution in [2.75, 3.05) is 7.11 Å². The maximum absolute atomic E-state index is 11.3. The molecule has 0 radical (unpaired) electrons. The molecule has 7 heteroatoms. The van der Waals surface area contributed by atoms with Gasteiger partial charge in [0, 0.05) is 0 Å². The van der Waals surface area contributed by atoms with E-state index in [1.165, 1.54) is 7.11 Å². The molecule has 1 aromatic carbocycles. The topological polar surface area (TPSA) is 75.9 Å². The zero-order chi connectivity index (χ0) is 15.8. The van der Waals surface area contributed by atoms with Gasteiger partial charge < -0.3 is 14.5 Å². The van der Waals surface area contributed by atoms with Gasteiger partial charge >= 0.3 is 5.97 Å². The Morgan fingerprint density at radius 3 is 2.77 bits per heavy atom. The zero-order valence-corrected chi connectivity index (χ0v) is 12.7. The minimum Gasteiger partial charge on any atom is -0.467 e. The summed E-state index contributed by atoms with van der Waals surface area (Å²) in [7, 11) is 1.35. The molecule has 0 saturated carbocycles. The minimum atomic E-state index is -0.370. The number of nitrogens with one attached hydrogen (secondary N) is 2. The summed E-state index contributed by atoms with van der Waals surface area (Å²) in [5.41, 5.74) is 4.02. The first-order chi connectivity index (χ1) is 10.7. The Kier molecular flexibility index (Phi) is 5.67. The van der Waals surface area contributed by atoms with Crippen molar-refractivity contribution in [1.82, 2.24) is 10.7 Å². The number of furan rings is 1. The number of hydrogen-bond acceptors (Lipinski definition) is 5. The van der Waals surface area contributed by atoms with Crippen LogP contribution in [-0.2, 0) is 11.3 Å². The van der Waals surface area contributed by atoms with Gasteiger partial charge in [0.05, 0.1) is 31.7 Å². The second kappa shape index (κ2) is 7.94. The molecule has 2 rings (SSSR count). The summed E-state index contributed by atoms with van der Waals surface area (Å²) in [5.74, 6) is 0.413. The molecule has 0 unspecified atom stereocenters. The molecular weight excluding hydrogens is 302 g/mol. The monoisotopic (exact) mass is 317 g/mol. The summed E-state index contributed by atoms with van der Waals surface area (Å²) in [6, 6.07) is 10.5. The number of hydrogen-bond donors (Lipinski definition) is 2. The van der Waals surface area contributed by atoms with Crippen LogP contribution in [0.1, 0.15) is 21.7 Å². The van der Waals surface area contributed by atoms with Crippen LogP contribution in [0, 0.1) is 0 Å². The summed E-state index contributed by atoms with van der Waals surface area (Å²) < 4.78 is 9.80. The molecule has 1 aromatic heterocycles. The second-order valence-electron chi connectivity index (χ2n) is 4.25. The number of carbonyl (C=O) groups is 1. The van der Waals surface area contributed by atoms with Crippen LogP contribution in [0.5, 0.6) is 0 Å². The molecule has 0 aliphatic carbocycles. The van der Waals surface area contributed by atoms with Crippen molar-refractivity contribution in [2.45, 2.75) is 6.54 Å². The molecule has 0 bridgehead atoms. The van der Waals surface area contributed by atoms with Crippen LogP contribution in [0.2, 0.25) is 0 Å².